The number of hydrogen-bond acceptors (Lipinski definition) is 3. The van der Waals surface area contributed by atoms with Crippen molar-refractivity contribution in [2.75, 3.05) is 20.3 Å². The van der Waals surface area contributed by atoms with Crippen molar-refractivity contribution in [2.45, 2.75) is 38.3 Å². The van der Waals surface area contributed by atoms with Gasteiger partial charge in [0.1, 0.15) is 17.4 Å². The number of halogens is 2. The van der Waals surface area contributed by atoms with Gasteiger partial charge in [0.15, 0.2) is 0 Å². The van der Waals surface area contributed by atoms with E-state index in [1.165, 1.54) is 19.2 Å². The fraction of sp³-hybridized carbons (Fsp3) is 0.600. The molecule has 1 fully saturated rings. The maximum Gasteiger partial charge on any atom is 0.134 e. The maximum atomic E-state index is 14.2. The molecular formula is C15H21F2NO2. The lowest BCUT2D eigenvalue weighted by Gasteiger charge is -2.31. The van der Waals surface area contributed by atoms with Gasteiger partial charge < -0.3 is 14.8 Å². The Morgan fingerprint density at radius 3 is 2.55 bits per heavy atom. The van der Waals surface area contributed by atoms with E-state index in [1.54, 1.807) is 0 Å². The largest absolute Gasteiger partial charge is 0.497 e. The van der Waals surface area contributed by atoms with E-state index in [2.05, 4.69) is 5.32 Å². The van der Waals surface area contributed by atoms with Gasteiger partial charge in [0, 0.05) is 24.3 Å². The molecular weight excluding hydrogens is 264 g/mol. The van der Waals surface area contributed by atoms with Gasteiger partial charge in [0.05, 0.1) is 19.3 Å². The highest BCUT2D eigenvalue weighted by Gasteiger charge is 2.30. The molecule has 0 radical (unpaired) electrons. The third-order valence-electron chi connectivity index (χ3n) is 3.61. The van der Waals surface area contributed by atoms with Gasteiger partial charge in [-0.15, -0.1) is 0 Å². The van der Waals surface area contributed by atoms with Crippen LogP contribution in [-0.4, -0.2) is 26.4 Å². The van der Waals surface area contributed by atoms with Crippen LogP contribution in [0.5, 0.6) is 5.75 Å². The van der Waals surface area contributed by atoms with E-state index in [-0.39, 0.29) is 17.4 Å². The molecule has 0 saturated carbocycles. The van der Waals surface area contributed by atoms with E-state index < -0.39 is 17.7 Å². The SMILES string of the molecule is CCNC(c1c(F)cc(OC)cc1F)C1CCCCO1. The molecule has 3 nitrogen and oxygen atoms in total. The number of ether oxygens (including phenoxy) is 2. The van der Waals surface area contributed by atoms with Gasteiger partial charge in [0.2, 0.25) is 0 Å². The molecule has 5 heteroatoms. The normalized spacial score (nSPS) is 20.7. The molecule has 1 aromatic rings. The molecule has 0 aromatic heterocycles. The van der Waals surface area contributed by atoms with Crippen LogP contribution in [-0.2, 0) is 4.74 Å². The third kappa shape index (κ3) is 3.27. The summed E-state index contributed by atoms with van der Waals surface area (Å²) in [4.78, 5) is 0. The fourth-order valence-corrected chi connectivity index (χ4v) is 2.64. The first-order valence-electron chi connectivity index (χ1n) is 7.05. The smallest absolute Gasteiger partial charge is 0.134 e. The molecule has 20 heavy (non-hydrogen) atoms. The molecule has 1 heterocycles. The second-order valence-electron chi connectivity index (χ2n) is 4.95. The minimum atomic E-state index is -0.595. The highest BCUT2D eigenvalue weighted by molar-refractivity contribution is 5.33. The number of rotatable bonds is 5. The molecule has 112 valence electrons. The predicted molar refractivity (Wildman–Crippen MR) is 72.9 cm³/mol. The van der Waals surface area contributed by atoms with Gasteiger partial charge in [0.25, 0.3) is 0 Å². The van der Waals surface area contributed by atoms with Crippen LogP contribution in [0.3, 0.4) is 0 Å². The van der Waals surface area contributed by atoms with Crippen molar-refractivity contribution in [1.29, 1.82) is 0 Å². The van der Waals surface area contributed by atoms with Gasteiger partial charge in [-0.1, -0.05) is 6.92 Å². The summed E-state index contributed by atoms with van der Waals surface area (Å²) in [5.74, 6) is -1.01. The molecule has 1 aliphatic rings. The number of hydrogen-bond donors (Lipinski definition) is 1. The Balaban J connectivity index is 2.33. The van der Waals surface area contributed by atoms with Gasteiger partial charge in [-0.05, 0) is 25.8 Å². The van der Waals surface area contributed by atoms with E-state index in [9.17, 15) is 8.78 Å². The van der Waals surface area contributed by atoms with Crippen LogP contribution in [0.4, 0.5) is 8.78 Å². The Kier molecular flexibility index (Phi) is 5.31. The minimum absolute atomic E-state index is 0.0413. The molecule has 1 saturated heterocycles. The molecule has 1 aliphatic heterocycles. The zero-order chi connectivity index (χ0) is 14.5. The topological polar surface area (TPSA) is 30.5 Å². The number of nitrogens with one attached hydrogen (secondary N) is 1. The Labute approximate surface area is 118 Å². The quantitative estimate of drug-likeness (QED) is 0.901. The summed E-state index contributed by atoms with van der Waals surface area (Å²) in [6, 6.07) is 1.96. The predicted octanol–water partition coefficient (Wildman–Crippen LogP) is 3.19. The molecule has 2 rings (SSSR count). The Hall–Kier alpha value is -1.20. The van der Waals surface area contributed by atoms with Crippen LogP contribution in [0.15, 0.2) is 12.1 Å². The number of likely N-dealkylation sites (N-methyl/N-ethyl adjacent to an activating group) is 1. The van der Waals surface area contributed by atoms with E-state index in [1.807, 2.05) is 6.92 Å². The summed E-state index contributed by atoms with van der Waals surface area (Å²) in [5.41, 5.74) is 0.0413. The third-order valence-corrected chi connectivity index (χ3v) is 3.61. The maximum absolute atomic E-state index is 14.2. The molecule has 0 amide bonds. The number of benzene rings is 1. The van der Waals surface area contributed by atoms with E-state index in [0.717, 1.165) is 19.3 Å². The first-order chi connectivity index (χ1) is 9.67. The first-order valence-corrected chi connectivity index (χ1v) is 7.05. The van der Waals surface area contributed by atoms with Crippen LogP contribution < -0.4 is 10.1 Å². The second-order valence-corrected chi connectivity index (χ2v) is 4.95. The van der Waals surface area contributed by atoms with E-state index in [4.69, 9.17) is 9.47 Å². The van der Waals surface area contributed by atoms with Crippen molar-refractivity contribution < 1.29 is 18.3 Å². The molecule has 2 atom stereocenters. The monoisotopic (exact) mass is 285 g/mol. The second kappa shape index (κ2) is 6.99. The highest BCUT2D eigenvalue weighted by Crippen LogP contribution is 2.32. The zero-order valence-electron chi connectivity index (χ0n) is 11.9. The summed E-state index contributed by atoms with van der Waals surface area (Å²) < 4.78 is 39.0. The summed E-state index contributed by atoms with van der Waals surface area (Å²) >= 11 is 0. The molecule has 1 N–H and O–H groups in total. The summed E-state index contributed by atoms with van der Waals surface area (Å²) in [7, 11) is 1.39. The van der Waals surface area contributed by atoms with Crippen molar-refractivity contribution in [3.63, 3.8) is 0 Å². The molecule has 2 unspecified atom stereocenters. The molecule has 0 aliphatic carbocycles. The minimum Gasteiger partial charge on any atom is -0.497 e. The zero-order valence-corrected chi connectivity index (χ0v) is 11.9. The standard InChI is InChI=1S/C15H21F2NO2/c1-3-18-15(13-6-4-5-7-20-13)14-11(16)8-10(19-2)9-12(14)17/h8-9,13,15,18H,3-7H2,1-2H3. The van der Waals surface area contributed by atoms with Crippen LogP contribution >= 0.6 is 0 Å². The lowest BCUT2D eigenvalue weighted by atomic mass is 9.94. The Bertz CT molecular complexity index is 424. The van der Waals surface area contributed by atoms with Gasteiger partial charge in [-0.25, -0.2) is 8.78 Å². The lowest BCUT2D eigenvalue weighted by Crippen LogP contribution is -2.37. The van der Waals surface area contributed by atoms with Gasteiger partial charge in [-0.3, -0.25) is 0 Å². The Morgan fingerprint density at radius 1 is 1.35 bits per heavy atom. The van der Waals surface area contributed by atoms with E-state index in [0.29, 0.717) is 13.2 Å². The van der Waals surface area contributed by atoms with Gasteiger partial charge >= 0.3 is 0 Å². The summed E-state index contributed by atoms with van der Waals surface area (Å²) in [6.07, 6.45) is 2.64. The number of methoxy groups -OCH3 is 1. The van der Waals surface area contributed by atoms with Crippen LogP contribution in [0.2, 0.25) is 0 Å². The molecule has 0 bridgehead atoms. The van der Waals surface area contributed by atoms with Crippen molar-refractivity contribution in [1.82, 2.24) is 5.32 Å². The lowest BCUT2D eigenvalue weighted by molar-refractivity contribution is -0.00934. The molecule has 1 aromatic carbocycles. The van der Waals surface area contributed by atoms with Crippen LogP contribution in [0.25, 0.3) is 0 Å². The van der Waals surface area contributed by atoms with E-state index >= 15 is 0 Å². The average Bonchev–Trinajstić information content (AvgIpc) is 2.46. The Morgan fingerprint density at radius 2 is 2.05 bits per heavy atom. The first kappa shape index (κ1) is 15.2. The summed E-state index contributed by atoms with van der Waals surface area (Å²) in [6.45, 7) is 3.18. The summed E-state index contributed by atoms with van der Waals surface area (Å²) in [5, 5.41) is 3.14. The average molecular weight is 285 g/mol. The van der Waals surface area contributed by atoms with Crippen molar-refractivity contribution in [3.8, 4) is 5.75 Å². The molecule has 0 spiro atoms. The van der Waals surface area contributed by atoms with Crippen LogP contribution in [0, 0.1) is 11.6 Å². The van der Waals surface area contributed by atoms with Crippen molar-refractivity contribution in [2.24, 2.45) is 0 Å². The van der Waals surface area contributed by atoms with Crippen LogP contribution in [0.1, 0.15) is 37.8 Å². The van der Waals surface area contributed by atoms with Crippen molar-refractivity contribution in [3.05, 3.63) is 29.3 Å². The fourth-order valence-electron chi connectivity index (χ4n) is 2.64. The highest BCUT2D eigenvalue weighted by atomic mass is 19.1. The van der Waals surface area contributed by atoms with Crippen molar-refractivity contribution >= 4 is 0 Å². The van der Waals surface area contributed by atoms with Gasteiger partial charge in [-0.2, -0.15) is 0 Å².